The number of carbonyl (C=O) groups is 1. The van der Waals surface area contributed by atoms with Gasteiger partial charge in [-0.15, -0.1) is 11.3 Å². The molecule has 2 N–H and O–H groups in total. The zero-order valence-electron chi connectivity index (χ0n) is 15.0. The molecule has 134 valence electrons. The van der Waals surface area contributed by atoms with E-state index in [4.69, 9.17) is 0 Å². The molecule has 5 nitrogen and oxygen atoms in total. The Bertz CT molecular complexity index is 914. The topological polar surface area (TPSA) is 75.1 Å². The van der Waals surface area contributed by atoms with Crippen LogP contribution in [0.1, 0.15) is 32.0 Å². The van der Waals surface area contributed by atoms with Crippen molar-refractivity contribution in [2.24, 2.45) is 0 Å². The van der Waals surface area contributed by atoms with Crippen molar-refractivity contribution >= 4 is 22.9 Å². The summed E-state index contributed by atoms with van der Waals surface area (Å²) in [6.07, 6.45) is 3.61. The predicted molar refractivity (Wildman–Crippen MR) is 104 cm³/mol. The number of aromatic hydroxyl groups is 1. The van der Waals surface area contributed by atoms with E-state index < -0.39 is 0 Å². The maximum atomic E-state index is 12.4. The van der Waals surface area contributed by atoms with Gasteiger partial charge in [-0.3, -0.25) is 9.78 Å². The average molecular weight is 367 g/mol. The fourth-order valence-corrected chi connectivity index (χ4v) is 3.28. The normalized spacial score (nSPS) is 11.3. The molecule has 3 rings (SSSR count). The molecule has 0 aliphatic heterocycles. The molecule has 0 saturated heterocycles. The number of phenols is 1. The molecule has 0 fully saturated rings. The van der Waals surface area contributed by atoms with Gasteiger partial charge in [0.2, 0.25) is 5.91 Å². The van der Waals surface area contributed by atoms with Gasteiger partial charge in [0, 0.05) is 23.3 Å². The van der Waals surface area contributed by atoms with Crippen molar-refractivity contribution in [2.45, 2.75) is 32.6 Å². The number of rotatable bonds is 4. The molecule has 2 aromatic heterocycles. The van der Waals surface area contributed by atoms with E-state index in [0.29, 0.717) is 11.4 Å². The third kappa shape index (κ3) is 4.26. The van der Waals surface area contributed by atoms with Crippen molar-refractivity contribution < 1.29 is 9.90 Å². The molecule has 0 spiro atoms. The van der Waals surface area contributed by atoms with Gasteiger partial charge < -0.3 is 10.4 Å². The smallest absolute Gasteiger partial charge is 0.230 e. The minimum atomic E-state index is -0.214. The maximum Gasteiger partial charge on any atom is 0.230 e. The number of phenolic OH excluding ortho intramolecular Hbond substituents is 1. The quantitative estimate of drug-likeness (QED) is 0.671. The monoisotopic (exact) mass is 367 g/mol. The lowest BCUT2D eigenvalue weighted by molar-refractivity contribution is -0.115. The highest BCUT2D eigenvalue weighted by Gasteiger charge is 2.17. The molecule has 0 unspecified atom stereocenters. The summed E-state index contributed by atoms with van der Waals surface area (Å²) >= 11 is 1.48. The molecular formula is C20H21N3O2S. The number of anilines is 1. The minimum Gasteiger partial charge on any atom is -0.506 e. The summed E-state index contributed by atoms with van der Waals surface area (Å²) in [4.78, 5) is 21.0. The second-order valence-electron chi connectivity index (χ2n) is 7.09. The number of hydrogen-bond acceptors (Lipinski definition) is 5. The summed E-state index contributed by atoms with van der Waals surface area (Å²) in [7, 11) is 0. The van der Waals surface area contributed by atoms with Crippen molar-refractivity contribution in [3.05, 3.63) is 59.4 Å². The summed E-state index contributed by atoms with van der Waals surface area (Å²) in [5.74, 6) is -0.157. The van der Waals surface area contributed by atoms with Crippen LogP contribution in [-0.4, -0.2) is 21.0 Å². The lowest BCUT2D eigenvalue weighted by atomic mass is 9.87. The zero-order chi connectivity index (χ0) is 18.7. The van der Waals surface area contributed by atoms with E-state index in [1.165, 1.54) is 11.3 Å². The molecule has 0 aliphatic rings. The Kier molecular flexibility index (Phi) is 5.04. The van der Waals surface area contributed by atoms with Crippen LogP contribution < -0.4 is 5.32 Å². The van der Waals surface area contributed by atoms with Crippen molar-refractivity contribution in [1.82, 2.24) is 9.97 Å². The van der Waals surface area contributed by atoms with Gasteiger partial charge >= 0.3 is 0 Å². The van der Waals surface area contributed by atoms with Crippen LogP contribution in [-0.2, 0) is 16.6 Å². The first kappa shape index (κ1) is 18.1. The van der Waals surface area contributed by atoms with Crippen LogP contribution >= 0.6 is 11.3 Å². The first-order valence-electron chi connectivity index (χ1n) is 8.31. The van der Waals surface area contributed by atoms with Crippen molar-refractivity contribution in [3.63, 3.8) is 0 Å². The Balaban J connectivity index is 1.71. The van der Waals surface area contributed by atoms with Gasteiger partial charge in [0.25, 0.3) is 0 Å². The van der Waals surface area contributed by atoms with Crippen LogP contribution in [0.2, 0.25) is 0 Å². The molecule has 1 amide bonds. The molecule has 0 saturated carbocycles. The highest BCUT2D eigenvalue weighted by Crippen LogP contribution is 2.31. The zero-order valence-corrected chi connectivity index (χ0v) is 15.8. The summed E-state index contributed by atoms with van der Waals surface area (Å²) in [6, 6.07) is 9.08. The molecule has 0 aliphatic carbocycles. The minimum absolute atomic E-state index is 0.0562. The van der Waals surface area contributed by atoms with Gasteiger partial charge in [0.05, 0.1) is 17.8 Å². The summed E-state index contributed by atoms with van der Waals surface area (Å²) in [5, 5.41) is 15.5. The molecule has 2 heterocycles. The third-order valence-electron chi connectivity index (χ3n) is 3.94. The Labute approximate surface area is 156 Å². The Morgan fingerprint density at radius 2 is 2.08 bits per heavy atom. The van der Waals surface area contributed by atoms with Gasteiger partial charge in [0.1, 0.15) is 10.8 Å². The second kappa shape index (κ2) is 7.25. The van der Waals surface area contributed by atoms with Crippen molar-refractivity contribution in [2.75, 3.05) is 5.32 Å². The van der Waals surface area contributed by atoms with Crippen LogP contribution in [0.25, 0.3) is 10.6 Å². The molecule has 0 atom stereocenters. The summed E-state index contributed by atoms with van der Waals surface area (Å²) < 4.78 is 0. The lowest BCUT2D eigenvalue weighted by Crippen LogP contribution is -2.16. The van der Waals surface area contributed by atoms with E-state index in [2.05, 4.69) is 36.1 Å². The number of aromatic nitrogens is 2. The molecular weight excluding hydrogens is 346 g/mol. The van der Waals surface area contributed by atoms with E-state index in [-0.39, 0.29) is 23.5 Å². The lowest BCUT2D eigenvalue weighted by Gasteiger charge is -2.20. The van der Waals surface area contributed by atoms with Crippen molar-refractivity contribution in [1.29, 1.82) is 0 Å². The van der Waals surface area contributed by atoms with Crippen LogP contribution in [0.4, 0.5) is 5.69 Å². The maximum absolute atomic E-state index is 12.4. The number of pyridine rings is 1. The Hall–Kier alpha value is -2.73. The fourth-order valence-electron chi connectivity index (χ4n) is 2.47. The SMILES string of the molecule is CC(C)(C)c1ccc(O)c(NC(=O)Cc2csc(-c3cccnc3)n2)c1. The van der Waals surface area contributed by atoms with Gasteiger partial charge in [-0.2, -0.15) is 0 Å². The van der Waals surface area contributed by atoms with Crippen LogP contribution in [0.5, 0.6) is 5.75 Å². The summed E-state index contributed by atoms with van der Waals surface area (Å²) in [5.41, 5.74) is 3.02. The van der Waals surface area contributed by atoms with Crippen LogP contribution in [0.15, 0.2) is 48.1 Å². The first-order valence-corrected chi connectivity index (χ1v) is 9.19. The van der Waals surface area contributed by atoms with E-state index in [0.717, 1.165) is 16.1 Å². The largest absolute Gasteiger partial charge is 0.506 e. The van der Waals surface area contributed by atoms with E-state index in [1.54, 1.807) is 18.5 Å². The number of carbonyl (C=O) groups excluding carboxylic acids is 1. The molecule has 1 aromatic carbocycles. The standard InChI is InChI=1S/C20H21N3O2S/c1-20(2,3)14-6-7-17(24)16(9-14)23-18(25)10-15-12-26-19(22-15)13-5-4-8-21-11-13/h4-9,11-12,24H,10H2,1-3H3,(H,23,25). The van der Waals surface area contributed by atoms with Gasteiger partial charge in [-0.25, -0.2) is 4.98 Å². The number of hydrogen-bond donors (Lipinski definition) is 2. The van der Waals surface area contributed by atoms with Gasteiger partial charge in [0.15, 0.2) is 0 Å². The Morgan fingerprint density at radius 3 is 2.77 bits per heavy atom. The average Bonchev–Trinajstić information content (AvgIpc) is 3.05. The van der Waals surface area contributed by atoms with E-state index >= 15 is 0 Å². The highest BCUT2D eigenvalue weighted by molar-refractivity contribution is 7.13. The third-order valence-corrected chi connectivity index (χ3v) is 4.88. The summed E-state index contributed by atoms with van der Waals surface area (Å²) in [6.45, 7) is 6.25. The number of amides is 1. The number of thiazole rings is 1. The van der Waals surface area contributed by atoms with Crippen LogP contribution in [0.3, 0.4) is 0 Å². The van der Waals surface area contributed by atoms with Crippen LogP contribution in [0, 0.1) is 0 Å². The van der Waals surface area contributed by atoms with Gasteiger partial charge in [-0.1, -0.05) is 26.8 Å². The Morgan fingerprint density at radius 1 is 1.27 bits per heavy atom. The fraction of sp³-hybridized carbons (Fsp3) is 0.250. The number of benzene rings is 1. The van der Waals surface area contributed by atoms with Gasteiger partial charge in [-0.05, 0) is 35.2 Å². The van der Waals surface area contributed by atoms with Crippen molar-refractivity contribution in [3.8, 4) is 16.3 Å². The second-order valence-corrected chi connectivity index (χ2v) is 7.95. The highest BCUT2D eigenvalue weighted by atomic mass is 32.1. The molecule has 3 aromatic rings. The molecule has 0 bridgehead atoms. The van der Waals surface area contributed by atoms with E-state index in [9.17, 15) is 9.90 Å². The predicted octanol–water partition coefficient (Wildman–Crippen LogP) is 4.39. The first-order chi connectivity index (χ1) is 12.3. The number of nitrogens with one attached hydrogen (secondary N) is 1. The number of nitrogens with zero attached hydrogens (tertiary/aromatic N) is 2. The molecule has 0 radical (unpaired) electrons. The van der Waals surface area contributed by atoms with E-state index in [1.807, 2.05) is 29.6 Å². The molecule has 26 heavy (non-hydrogen) atoms. The molecule has 6 heteroatoms.